The number of nitrogens with two attached hydrogens (primary N) is 1. The molecular weight excluding hydrogens is 398 g/mol. The van der Waals surface area contributed by atoms with Gasteiger partial charge in [-0.15, -0.1) is 0 Å². The first-order valence-corrected chi connectivity index (χ1v) is 10.4. The first-order valence-electron chi connectivity index (χ1n) is 10.4. The summed E-state index contributed by atoms with van der Waals surface area (Å²) in [6, 6.07) is 6.95. The summed E-state index contributed by atoms with van der Waals surface area (Å²) in [5, 5.41) is 3.37. The molecule has 2 aliphatic rings. The minimum absolute atomic E-state index is 0.0703. The number of benzene rings is 1. The van der Waals surface area contributed by atoms with E-state index in [1.165, 1.54) is 11.2 Å². The van der Waals surface area contributed by atoms with Crippen molar-refractivity contribution in [1.29, 1.82) is 0 Å². The second kappa shape index (κ2) is 8.05. The van der Waals surface area contributed by atoms with Crippen molar-refractivity contribution >= 4 is 28.8 Å². The lowest BCUT2D eigenvalue weighted by Crippen LogP contribution is -2.34. The van der Waals surface area contributed by atoms with E-state index in [2.05, 4.69) is 20.3 Å². The van der Waals surface area contributed by atoms with E-state index in [-0.39, 0.29) is 24.1 Å². The molecule has 160 valence electrons. The molecule has 3 aromatic rings. The largest absolute Gasteiger partial charge is 0.382 e. The van der Waals surface area contributed by atoms with Crippen LogP contribution < -0.4 is 11.1 Å². The summed E-state index contributed by atoms with van der Waals surface area (Å²) in [5.41, 5.74) is 8.09. The topological polar surface area (TPSA) is 128 Å². The first kappa shape index (κ1) is 19.6. The molecule has 2 aromatic heterocycles. The second-order valence-electron chi connectivity index (χ2n) is 7.74. The van der Waals surface area contributed by atoms with Crippen LogP contribution in [0.3, 0.4) is 0 Å². The van der Waals surface area contributed by atoms with Gasteiger partial charge in [-0.3, -0.25) is 19.1 Å². The Morgan fingerprint density at radius 3 is 2.65 bits per heavy atom. The van der Waals surface area contributed by atoms with Gasteiger partial charge in [0.1, 0.15) is 18.1 Å². The predicted molar refractivity (Wildman–Crippen MR) is 112 cm³/mol. The Bertz CT molecular complexity index is 1110. The highest BCUT2D eigenvalue weighted by Crippen LogP contribution is 2.30. The molecule has 0 aliphatic carbocycles. The third-order valence-electron chi connectivity index (χ3n) is 5.77. The Labute approximate surface area is 178 Å². The number of rotatable bonds is 7. The van der Waals surface area contributed by atoms with Gasteiger partial charge in [-0.05, 0) is 37.9 Å². The number of carbonyl (C=O) groups excluding carboxylic acids is 2. The lowest BCUT2D eigenvalue weighted by atomic mass is 10.1. The second-order valence-corrected chi connectivity index (χ2v) is 7.74. The zero-order valence-corrected chi connectivity index (χ0v) is 16.9. The van der Waals surface area contributed by atoms with E-state index < -0.39 is 0 Å². The van der Waals surface area contributed by atoms with Crippen LogP contribution in [-0.2, 0) is 4.74 Å². The summed E-state index contributed by atoms with van der Waals surface area (Å²) in [6.07, 6.45) is 5.51. The summed E-state index contributed by atoms with van der Waals surface area (Å²) in [7, 11) is 0. The molecule has 1 fully saturated rings. The molecule has 0 bridgehead atoms. The Morgan fingerprint density at radius 2 is 1.87 bits per heavy atom. The fourth-order valence-electron chi connectivity index (χ4n) is 4.19. The van der Waals surface area contributed by atoms with Crippen LogP contribution in [0.4, 0.5) is 5.82 Å². The van der Waals surface area contributed by atoms with Gasteiger partial charge in [0.2, 0.25) is 0 Å². The highest BCUT2D eigenvalue weighted by atomic mass is 16.5. The summed E-state index contributed by atoms with van der Waals surface area (Å²) in [5.74, 6) is -0.0582. The van der Waals surface area contributed by atoms with Crippen LogP contribution in [-0.4, -0.2) is 62.0 Å². The Kier molecular flexibility index (Phi) is 5.08. The molecule has 0 saturated carbocycles. The van der Waals surface area contributed by atoms with Crippen LogP contribution in [0.5, 0.6) is 0 Å². The number of nitrogens with zero attached hydrogens (tertiary/aromatic N) is 5. The smallest absolute Gasteiger partial charge is 0.261 e. The number of amides is 2. The van der Waals surface area contributed by atoms with Gasteiger partial charge < -0.3 is 15.8 Å². The minimum atomic E-state index is -0.209. The number of hydrogen-bond acceptors (Lipinski definition) is 8. The first-order chi connectivity index (χ1) is 15.1. The maximum Gasteiger partial charge on any atom is 0.261 e. The van der Waals surface area contributed by atoms with Gasteiger partial charge in [-0.2, -0.15) is 0 Å². The van der Waals surface area contributed by atoms with Crippen LogP contribution >= 0.6 is 0 Å². The van der Waals surface area contributed by atoms with Gasteiger partial charge in [0, 0.05) is 13.1 Å². The van der Waals surface area contributed by atoms with Crippen molar-refractivity contribution in [2.45, 2.75) is 31.6 Å². The lowest BCUT2D eigenvalue weighted by Gasteiger charge is -2.17. The molecule has 5 rings (SSSR count). The maximum atomic E-state index is 12.4. The number of hydrogen-bond donors (Lipinski definition) is 2. The number of imidazole rings is 1. The Hall–Kier alpha value is -3.37. The van der Waals surface area contributed by atoms with Crippen LogP contribution in [0.15, 0.2) is 36.9 Å². The van der Waals surface area contributed by atoms with E-state index in [1.807, 2.05) is 4.57 Å². The van der Waals surface area contributed by atoms with E-state index >= 15 is 0 Å². The number of carbonyl (C=O) groups is 2. The molecule has 4 heterocycles. The van der Waals surface area contributed by atoms with Gasteiger partial charge >= 0.3 is 0 Å². The summed E-state index contributed by atoms with van der Waals surface area (Å²) < 4.78 is 8.05. The average Bonchev–Trinajstić information content (AvgIpc) is 3.48. The number of anilines is 1. The van der Waals surface area contributed by atoms with Crippen molar-refractivity contribution < 1.29 is 14.3 Å². The summed E-state index contributed by atoms with van der Waals surface area (Å²) in [6.45, 7) is 1.79. The van der Waals surface area contributed by atoms with Gasteiger partial charge in [0.25, 0.3) is 11.8 Å². The number of aromatic nitrogens is 4. The number of imide groups is 1. The molecule has 10 heteroatoms. The molecule has 1 saturated heterocycles. The van der Waals surface area contributed by atoms with Crippen LogP contribution in [0.2, 0.25) is 0 Å². The van der Waals surface area contributed by atoms with Crippen LogP contribution in [0.1, 0.15) is 46.2 Å². The summed E-state index contributed by atoms with van der Waals surface area (Å²) >= 11 is 0. The maximum absolute atomic E-state index is 12.4. The molecule has 2 aliphatic heterocycles. The molecule has 31 heavy (non-hydrogen) atoms. The molecule has 2 atom stereocenters. The molecule has 2 unspecified atom stereocenters. The third kappa shape index (κ3) is 3.53. The van der Waals surface area contributed by atoms with Crippen molar-refractivity contribution in [2.24, 2.45) is 0 Å². The fraction of sp³-hybridized carbons (Fsp3) is 0.381. The molecule has 0 radical (unpaired) electrons. The molecule has 1 aromatic carbocycles. The molecule has 3 N–H and O–H groups in total. The fourth-order valence-corrected chi connectivity index (χ4v) is 4.19. The van der Waals surface area contributed by atoms with Gasteiger partial charge in [0.05, 0.1) is 23.6 Å². The molecule has 10 nitrogen and oxygen atoms in total. The molecular formula is C21H23N7O3. The number of ether oxygens (including phenoxy) is 1. The van der Waals surface area contributed by atoms with Crippen molar-refractivity contribution in [2.75, 3.05) is 25.4 Å². The van der Waals surface area contributed by atoms with Crippen molar-refractivity contribution in [3.63, 3.8) is 0 Å². The highest BCUT2D eigenvalue weighted by Gasteiger charge is 2.34. The van der Waals surface area contributed by atoms with E-state index in [1.54, 1.807) is 30.6 Å². The van der Waals surface area contributed by atoms with Crippen LogP contribution in [0.25, 0.3) is 11.2 Å². The van der Waals surface area contributed by atoms with E-state index in [0.717, 1.165) is 12.8 Å². The zero-order valence-electron chi connectivity index (χ0n) is 16.9. The van der Waals surface area contributed by atoms with Crippen molar-refractivity contribution in [3.05, 3.63) is 48.0 Å². The normalized spacial score (nSPS) is 20.7. The number of nitrogen functional groups attached to an aromatic ring is 1. The molecule has 2 amide bonds. The monoisotopic (exact) mass is 421 g/mol. The highest BCUT2D eigenvalue weighted by molar-refractivity contribution is 6.21. The number of nitrogens with one attached hydrogen (secondary N) is 1. The summed E-state index contributed by atoms with van der Waals surface area (Å²) in [4.78, 5) is 38.6. The average molecular weight is 421 g/mol. The SMILES string of the molecule is Nc1ncnc2c1ncn2C1CCC(CNCCCN2C(=O)c3ccccc3C2=O)O1. The van der Waals surface area contributed by atoms with Gasteiger partial charge in [0.15, 0.2) is 11.5 Å². The van der Waals surface area contributed by atoms with Gasteiger partial charge in [-0.25, -0.2) is 15.0 Å². The van der Waals surface area contributed by atoms with Crippen LogP contribution in [0, 0.1) is 0 Å². The quantitative estimate of drug-likeness (QED) is 0.432. The third-order valence-corrected chi connectivity index (χ3v) is 5.77. The zero-order chi connectivity index (χ0) is 21.4. The number of fused-ring (bicyclic) bond motifs is 2. The molecule has 0 spiro atoms. The Balaban J connectivity index is 1.08. The van der Waals surface area contributed by atoms with Crippen molar-refractivity contribution in [3.8, 4) is 0 Å². The minimum Gasteiger partial charge on any atom is -0.382 e. The Morgan fingerprint density at radius 1 is 1.10 bits per heavy atom. The standard InChI is InChI=1S/C21H23N7O3/c22-18-17-19(25-11-24-18)28(12-26-17)16-7-6-13(31-16)10-23-8-3-9-27-20(29)14-4-1-2-5-15(14)21(27)30/h1-2,4-5,11-13,16,23H,3,6-10H2,(H2,22,24,25). The van der Waals surface area contributed by atoms with Crippen molar-refractivity contribution in [1.82, 2.24) is 29.7 Å². The van der Waals surface area contributed by atoms with Gasteiger partial charge in [-0.1, -0.05) is 12.1 Å². The van der Waals surface area contributed by atoms with E-state index in [9.17, 15) is 9.59 Å². The lowest BCUT2D eigenvalue weighted by molar-refractivity contribution is 0.00493. The predicted octanol–water partition coefficient (Wildman–Crippen LogP) is 1.36. The van der Waals surface area contributed by atoms with E-state index in [4.69, 9.17) is 10.5 Å². The van der Waals surface area contributed by atoms with E-state index in [0.29, 0.717) is 54.2 Å².